The fourth-order valence-electron chi connectivity index (χ4n) is 3.17. The Balaban J connectivity index is 1.86. The molecule has 1 aromatic carbocycles. The monoisotopic (exact) mass is 261 g/mol. The predicted octanol–water partition coefficient (Wildman–Crippen LogP) is 1.42. The van der Waals surface area contributed by atoms with Gasteiger partial charge in [-0.25, -0.2) is 0 Å². The Bertz CT molecular complexity index is 456. The summed E-state index contributed by atoms with van der Waals surface area (Å²) in [5.74, 6) is 0.141. The highest BCUT2D eigenvalue weighted by Crippen LogP contribution is 2.56. The van der Waals surface area contributed by atoms with E-state index >= 15 is 0 Å². The second-order valence-corrected chi connectivity index (χ2v) is 5.18. The van der Waals surface area contributed by atoms with Crippen molar-refractivity contribution in [3.63, 3.8) is 0 Å². The van der Waals surface area contributed by atoms with Crippen molar-refractivity contribution in [2.45, 2.75) is 17.9 Å². The van der Waals surface area contributed by atoms with E-state index < -0.39 is 5.54 Å². The molecule has 3 rings (SSSR count). The number of methoxy groups -OCH3 is 1. The van der Waals surface area contributed by atoms with Gasteiger partial charge in [0.15, 0.2) is 0 Å². The van der Waals surface area contributed by atoms with E-state index in [4.69, 9.17) is 9.47 Å². The Kier molecular flexibility index (Phi) is 3.29. The second-order valence-electron chi connectivity index (χ2n) is 5.18. The Morgan fingerprint density at radius 1 is 1.32 bits per heavy atom. The Morgan fingerprint density at radius 2 is 2.00 bits per heavy atom. The summed E-state index contributed by atoms with van der Waals surface area (Å²) in [5.41, 5.74) is 0.763. The Hall–Kier alpha value is -1.39. The maximum absolute atomic E-state index is 12.3. The lowest BCUT2D eigenvalue weighted by atomic mass is 10.0. The summed E-state index contributed by atoms with van der Waals surface area (Å²) in [6.45, 7) is 3.00. The summed E-state index contributed by atoms with van der Waals surface area (Å²) in [6.07, 6.45) is 0.851. The van der Waals surface area contributed by atoms with E-state index in [1.807, 2.05) is 18.2 Å². The standard InChI is InChI=1S/C15H19NO3/c1-18-14(17)15(16-7-9-19-10-8-16)11-13(15)12-5-3-2-4-6-12/h2-6,13H,7-11H2,1H3/t13-,15+/m1/s1. The third-order valence-electron chi connectivity index (χ3n) is 4.25. The minimum Gasteiger partial charge on any atom is -0.468 e. The fourth-order valence-corrected chi connectivity index (χ4v) is 3.17. The summed E-state index contributed by atoms with van der Waals surface area (Å²) in [6, 6.07) is 10.2. The van der Waals surface area contributed by atoms with Gasteiger partial charge in [0.25, 0.3) is 0 Å². The number of ether oxygens (including phenoxy) is 2. The number of carbonyl (C=O) groups is 1. The van der Waals surface area contributed by atoms with Gasteiger partial charge in [0.2, 0.25) is 0 Å². The van der Waals surface area contributed by atoms with Crippen molar-refractivity contribution < 1.29 is 14.3 Å². The number of nitrogens with zero attached hydrogens (tertiary/aromatic N) is 1. The highest BCUT2D eigenvalue weighted by atomic mass is 16.5. The zero-order valence-electron chi connectivity index (χ0n) is 11.2. The van der Waals surface area contributed by atoms with E-state index in [0.717, 1.165) is 19.5 Å². The molecule has 1 aromatic rings. The molecule has 2 atom stereocenters. The fraction of sp³-hybridized carbons (Fsp3) is 0.533. The number of hydrogen-bond acceptors (Lipinski definition) is 4. The first-order valence-electron chi connectivity index (χ1n) is 6.75. The Morgan fingerprint density at radius 3 is 2.63 bits per heavy atom. The van der Waals surface area contributed by atoms with Crippen LogP contribution in [0.25, 0.3) is 0 Å². The smallest absolute Gasteiger partial charge is 0.326 e. The van der Waals surface area contributed by atoms with Gasteiger partial charge in [-0.3, -0.25) is 9.69 Å². The molecule has 0 radical (unpaired) electrons. The van der Waals surface area contributed by atoms with Crippen LogP contribution in [0.3, 0.4) is 0 Å². The number of benzene rings is 1. The summed E-state index contributed by atoms with van der Waals surface area (Å²) in [5, 5.41) is 0. The molecule has 19 heavy (non-hydrogen) atoms. The van der Waals surface area contributed by atoms with Gasteiger partial charge in [0, 0.05) is 19.0 Å². The summed E-state index contributed by atoms with van der Waals surface area (Å²) < 4.78 is 10.4. The molecule has 0 N–H and O–H groups in total. The summed E-state index contributed by atoms with van der Waals surface area (Å²) >= 11 is 0. The van der Waals surface area contributed by atoms with Gasteiger partial charge in [0.05, 0.1) is 20.3 Å². The van der Waals surface area contributed by atoms with Crippen molar-refractivity contribution in [3.05, 3.63) is 35.9 Å². The maximum atomic E-state index is 12.3. The van der Waals surface area contributed by atoms with Crippen LogP contribution in [0.15, 0.2) is 30.3 Å². The van der Waals surface area contributed by atoms with Crippen LogP contribution >= 0.6 is 0 Å². The summed E-state index contributed by atoms with van der Waals surface area (Å²) in [4.78, 5) is 14.5. The molecular formula is C15H19NO3. The molecule has 102 valence electrons. The number of carbonyl (C=O) groups excluding carboxylic acids is 1. The van der Waals surface area contributed by atoms with Crippen molar-refractivity contribution in [1.29, 1.82) is 0 Å². The van der Waals surface area contributed by atoms with Crippen molar-refractivity contribution in [2.75, 3.05) is 33.4 Å². The molecule has 0 spiro atoms. The largest absolute Gasteiger partial charge is 0.468 e. The molecule has 0 aromatic heterocycles. The van der Waals surface area contributed by atoms with Crippen LogP contribution in [0, 0.1) is 0 Å². The van der Waals surface area contributed by atoms with Gasteiger partial charge < -0.3 is 9.47 Å². The zero-order chi connectivity index (χ0) is 13.3. The lowest BCUT2D eigenvalue weighted by Crippen LogP contribution is -2.50. The van der Waals surface area contributed by atoms with Crippen LogP contribution in [0.4, 0.5) is 0 Å². The molecule has 0 bridgehead atoms. The molecule has 1 heterocycles. The van der Waals surface area contributed by atoms with Crippen LogP contribution in [0.1, 0.15) is 17.9 Å². The maximum Gasteiger partial charge on any atom is 0.326 e. The second kappa shape index (κ2) is 4.94. The molecule has 1 aliphatic carbocycles. The van der Waals surface area contributed by atoms with Crippen LogP contribution in [-0.4, -0.2) is 49.8 Å². The third kappa shape index (κ3) is 2.05. The molecule has 1 saturated carbocycles. The van der Waals surface area contributed by atoms with E-state index in [-0.39, 0.29) is 11.9 Å². The van der Waals surface area contributed by atoms with E-state index in [1.165, 1.54) is 12.7 Å². The molecule has 0 amide bonds. The lowest BCUT2D eigenvalue weighted by molar-refractivity contribution is -0.151. The number of esters is 1. The topological polar surface area (TPSA) is 38.8 Å². The average Bonchev–Trinajstić information content (AvgIpc) is 3.25. The number of hydrogen-bond donors (Lipinski definition) is 0. The van der Waals surface area contributed by atoms with Gasteiger partial charge in [-0.2, -0.15) is 0 Å². The first-order chi connectivity index (χ1) is 9.29. The van der Waals surface area contributed by atoms with Gasteiger partial charge >= 0.3 is 5.97 Å². The highest BCUT2D eigenvalue weighted by molar-refractivity contribution is 5.87. The molecular weight excluding hydrogens is 242 g/mol. The average molecular weight is 261 g/mol. The van der Waals surface area contributed by atoms with Crippen LogP contribution in [0.2, 0.25) is 0 Å². The molecule has 1 saturated heterocycles. The van der Waals surface area contributed by atoms with E-state index in [9.17, 15) is 4.79 Å². The molecule has 2 fully saturated rings. The molecule has 2 aliphatic rings. The highest BCUT2D eigenvalue weighted by Gasteiger charge is 2.65. The summed E-state index contributed by atoms with van der Waals surface area (Å²) in [7, 11) is 1.48. The molecule has 4 heteroatoms. The number of rotatable bonds is 3. The predicted molar refractivity (Wildman–Crippen MR) is 70.9 cm³/mol. The zero-order valence-corrected chi connectivity index (χ0v) is 11.2. The first-order valence-corrected chi connectivity index (χ1v) is 6.75. The van der Waals surface area contributed by atoms with Crippen molar-refractivity contribution in [1.82, 2.24) is 4.90 Å². The van der Waals surface area contributed by atoms with Crippen LogP contribution in [0.5, 0.6) is 0 Å². The number of morpholine rings is 1. The van der Waals surface area contributed by atoms with E-state index in [0.29, 0.717) is 13.2 Å². The normalized spacial score (nSPS) is 30.9. The molecule has 4 nitrogen and oxygen atoms in total. The SMILES string of the molecule is COC(=O)[C@]1(N2CCOCC2)C[C@@H]1c1ccccc1. The van der Waals surface area contributed by atoms with E-state index in [2.05, 4.69) is 17.0 Å². The minimum atomic E-state index is -0.458. The lowest BCUT2D eigenvalue weighted by Gasteiger charge is -2.34. The quantitative estimate of drug-likeness (QED) is 0.771. The van der Waals surface area contributed by atoms with Crippen molar-refractivity contribution >= 4 is 5.97 Å². The van der Waals surface area contributed by atoms with Crippen molar-refractivity contribution in [3.8, 4) is 0 Å². The van der Waals surface area contributed by atoms with Crippen LogP contribution in [-0.2, 0) is 14.3 Å². The molecule has 0 unspecified atom stereocenters. The van der Waals surface area contributed by atoms with Gasteiger partial charge in [-0.1, -0.05) is 30.3 Å². The third-order valence-corrected chi connectivity index (χ3v) is 4.25. The van der Waals surface area contributed by atoms with Crippen LogP contribution < -0.4 is 0 Å². The molecule has 1 aliphatic heterocycles. The first kappa shape index (κ1) is 12.6. The Labute approximate surface area is 113 Å². The van der Waals surface area contributed by atoms with Crippen molar-refractivity contribution in [2.24, 2.45) is 0 Å². The minimum absolute atomic E-state index is 0.108. The van der Waals surface area contributed by atoms with Gasteiger partial charge in [-0.05, 0) is 12.0 Å². The van der Waals surface area contributed by atoms with Gasteiger partial charge in [-0.15, -0.1) is 0 Å². The van der Waals surface area contributed by atoms with E-state index in [1.54, 1.807) is 0 Å². The van der Waals surface area contributed by atoms with Gasteiger partial charge in [0.1, 0.15) is 5.54 Å².